The fourth-order valence-corrected chi connectivity index (χ4v) is 1.59. The highest BCUT2D eigenvalue weighted by Crippen LogP contribution is 2.18. The summed E-state index contributed by atoms with van der Waals surface area (Å²) in [6.45, 7) is 3.09. The lowest BCUT2D eigenvalue weighted by Gasteiger charge is -1.95. The largest absolute Gasteiger partial charge is 0.316 e. The first kappa shape index (κ1) is 8.50. The van der Waals surface area contributed by atoms with E-state index in [2.05, 4.69) is 35.8 Å². The third-order valence-electron chi connectivity index (χ3n) is 1.52. The predicted molar refractivity (Wildman–Crippen MR) is 51.9 cm³/mol. The molecule has 11 heavy (non-hydrogen) atoms. The zero-order valence-electron chi connectivity index (χ0n) is 6.92. The molecule has 1 nitrogen and oxygen atoms in total. The molecule has 0 unspecified atom stereocenters. The van der Waals surface area contributed by atoms with Gasteiger partial charge in [-0.1, -0.05) is 12.1 Å². The molecule has 0 aliphatic carbocycles. The molecule has 1 N–H and O–H groups in total. The van der Waals surface area contributed by atoms with E-state index in [4.69, 9.17) is 0 Å². The van der Waals surface area contributed by atoms with Gasteiger partial charge in [-0.05, 0) is 31.0 Å². The summed E-state index contributed by atoms with van der Waals surface area (Å²) in [5.41, 5.74) is 1.36. The average Bonchev–Trinajstić information content (AvgIpc) is 2.52. The van der Waals surface area contributed by atoms with E-state index in [1.165, 1.54) is 10.5 Å². The van der Waals surface area contributed by atoms with Crippen LogP contribution >= 0.6 is 11.3 Å². The highest BCUT2D eigenvalue weighted by Gasteiger charge is 1.93. The van der Waals surface area contributed by atoms with Crippen molar-refractivity contribution in [2.24, 2.45) is 0 Å². The molecular formula is C9H13NS. The molecule has 0 aromatic carbocycles. The molecule has 0 bridgehead atoms. The molecule has 1 aromatic heterocycles. The minimum Gasteiger partial charge on any atom is -0.316 e. The number of nitrogens with one attached hydrogen (secondary N) is 1. The van der Waals surface area contributed by atoms with Crippen molar-refractivity contribution in [2.45, 2.75) is 6.92 Å². The summed E-state index contributed by atoms with van der Waals surface area (Å²) in [5.74, 6) is 0. The maximum atomic E-state index is 3.09. The fourth-order valence-electron chi connectivity index (χ4n) is 0.859. The Morgan fingerprint density at radius 3 is 3.09 bits per heavy atom. The highest BCUT2D eigenvalue weighted by atomic mass is 32.1. The van der Waals surface area contributed by atoms with Crippen LogP contribution in [-0.4, -0.2) is 13.6 Å². The van der Waals surface area contributed by atoms with Crippen LogP contribution in [0.5, 0.6) is 0 Å². The van der Waals surface area contributed by atoms with E-state index in [0.717, 1.165) is 6.54 Å². The molecule has 2 heteroatoms. The van der Waals surface area contributed by atoms with E-state index in [9.17, 15) is 0 Å². The van der Waals surface area contributed by atoms with Gasteiger partial charge in [0.2, 0.25) is 0 Å². The third kappa shape index (κ3) is 2.48. The van der Waals surface area contributed by atoms with Crippen LogP contribution in [0.15, 0.2) is 23.6 Å². The monoisotopic (exact) mass is 167 g/mol. The predicted octanol–water partition coefficient (Wildman–Crippen LogP) is 2.37. The summed E-state index contributed by atoms with van der Waals surface area (Å²) in [4.78, 5) is 1.36. The number of rotatable bonds is 3. The SMILES string of the molecule is CNCC=C(C)c1cccs1. The van der Waals surface area contributed by atoms with Crippen molar-refractivity contribution >= 4 is 16.9 Å². The number of likely N-dealkylation sites (N-methyl/N-ethyl adjacent to an activating group) is 1. The Bertz CT molecular complexity index is 224. The number of allylic oxidation sites excluding steroid dienone is 1. The van der Waals surface area contributed by atoms with Crippen molar-refractivity contribution in [1.29, 1.82) is 0 Å². The minimum absolute atomic E-state index is 0.948. The van der Waals surface area contributed by atoms with Gasteiger partial charge < -0.3 is 5.32 Å². The summed E-state index contributed by atoms with van der Waals surface area (Å²) in [6.07, 6.45) is 2.20. The van der Waals surface area contributed by atoms with Gasteiger partial charge in [-0.15, -0.1) is 11.3 Å². The first-order chi connectivity index (χ1) is 5.34. The Kier molecular flexibility index (Phi) is 3.33. The standard InChI is InChI=1S/C9H13NS/c1-8(5-6-10-2)9-4-3-7-11-9/h3-5,7,10H,6H2,1-2H3. The third-order valence-corrected chi connectivity index (χ3v) is 2.53. The number of thiophene rings is 1. The fraction of sp³-hybridized carbons (Fsp3) is 0.333. The number of hydrogen-bond donors (Lipinski definition) is 1. The second-order valence-corrected chi connectivity index (χ2v) is 3.37. The molecule has 1 aromatic rings. The van der Waals surface area contributed by atoms with Gasteiger partial charge in [0, 0.05) is 11.4 Å². The van der Waals surface area contributed by atoms with Crippen molar-refractivity contribution in [3.05, 3.63) is 28.5 Å². The van der Waals surface area contributed by atoms with Crippen LogP contribution in [0.3, 0.4) is 0 Å². The van der Waals surface area contributed by atoms with Crippen molar-refractivity contribution < 1.29 is 0 Å². The van der Waals surface area contributed by atoms with Gasteiger partial charge in [-0.3, -0.25) is 0 Å². The van der Waals surface area contributed by atoms with Gasteiger partial charge >= 0.3 is 0 Å². The molecule has 0 aliphatic heterocycles. The Morgan fingerprint density at radius 2 is 2.55 bits per heavy atom. The van der Waals surface area contributed by atoms with Crippen LogP contribution in [0.2, 0.25) is 0 Å². The number of hydrogen-bond acceptors (Lipinski definition) is 2. The van der Waals surface area contributed by atoms with E-state index in [-0.39, 0.29) is 0 Å². The van der Waals surface area contributed by atoms with Gasteiger partial charge in [-0.2, -0.15) is 0 Å². The van der Waals surface area contributed by atoms with E-state index in [1.54, 1.807) is 11.3 Å². The second-order valence-electron chi connectivity index (χ2n) is 2.42. The first-order valence-electron chi connectivity index (χ1n) is 3.70. The Labute approximate surface area is 71.8 Å². The Morgan fingerprint density at radius 1 is 1.73 bits per heavy atom. The van der Waals surface area contributed by atoms with E-state index < -0.39 is 0 Å². The van der Waals surface area contributed by atoms with Crippen LogP contribution in [0.1, 0.15) is 11.8 Å². The Balaban J connectivity index is 2.62. The average molecular weight is 167 g/mol. The molecular weight excluding hydrogens is 154 g/mol. The highest BCUT2D eigenvalue weighted by molar-refractivity contribution is 7.11. The summed E-state index contributed by atoms with van der Waals surface area (Å²) in [5, 5.41) is 5.19. The molecule has 0 atom stereocenters. The van der Waals surface area contributed by atoms with Crippen molar-refractivity contribution in [3.8, 4) is 0 Å². The molecule has 1 rings (SSSR count). The topological polar surface area (TPSA) is 12.0 Å². The maximum absolute atomic E-state index is 3.09. The maximum Gasteiger partial charge on any atom is 0.0296 e. The molecule has 0 saturated heterocycles. The van der Waals surface area contributed by atoms with Crippen LogP contribution < -0.4 is 5.32 Å². The van der Waals surface area contributed by atoms with E-state index in [0.29, 0.717) is 0 Å². The van der Waals surface area contributed by atoms with Crippen molar-refractivity contribution in [3.63, 3.8) is 0 Å². The summed E-state index contributed by atoms with van der Waals surface area (Å²) < 4.78 is 0. The smallest absolute Gasteiger partial charge is 0.0296 e. The molecule has 0 radical (unpaired) electrons. The lowest BCUT2D eigenvalue weighted by Crippen LogP contribution is -2.04. The quantitative estimate of drug-likeness (QED) is 0.728. The van der Waals surface area contributed by atoms with Crippen molar-refractivity contribution in [1.82, 2.24) is 5.32 Å². The normalized spacial score (nSPS) is 12.0. The van der Waals surface area contributed by atoms with Gasteiger partial charge in [0.25, 0.3) is 0 Å². The first-order valence-corrected chi connectivity index (χ1v) is 4.58. The van der Waals surface area contributed by atoms with E-state index >= 15 is 0 Å². The summed E-state index contributed by atoms with van der Waals surface area (Å²) in [6, 6.07) is 4.23. The van der Waals surface area contributed by atoms with Crippen LogP contribution in [0, 0.1) is 0 Å². The van der Waals surface area contributed by atoms with Crippen LogP contribution in [0.4, 0.5) is 0 Å². The van der Waals surface area contributed by atoms with Crippen molar-refractivity contribution in [2.75, 3.05) is 13.6 Å². The van der Waals surface area contributed by atoms with Gasteiger partial charge in [0.05, 0.1) is 0 Å². The van der Waals surface area contributed by atoms with Crippen LogP contribution in [-0.2, 0) is 0 Å². The summed E-state index contributed by atoms with van der Waals surface area (Å²) >= 11 is 1.79. The molecule has 0 fully saturated rings. The lowest BCUT2D eigenvalue weighted by atomic mass is 10.2. The molecule has 0 saturated carbocycles. The minimum atomic E-state index is 0.948. The van der Waals surface area contributed by atoms with Gasteiger partial charge in [0.1, 0.15) is 0 Å². The second kappa shape index (κ2) is 4.31. The molecule has 60 valence electrons. The Hall–Kier alpha value is -0.600. The summed E-state index contributed by atoms with van der Waals surface area (Å²) in [7, 11) is 1.96. The lowest BCUT2D eigenvalue weighted by molar-refractivity contribution is 0.920. The van der Waals surface area contributed by atoms with Crippen LogP contribution in [0.25, 0.3) is 5.57 Å². The molecule has 0 spiro atoms. The zero-order chi connectivity index (χ0) is 8.10. The van der Waals surface area contributed by atoms with E-state index in [1.807, 2.05) is 7.05 Å². The molecule has 1 heterocycles. The molecule has 0 amide bonds. The zero-order valence-corrected chi connectivity index (χ0v) is 7.74. The molecule has 0 aliphatic rings. The van der Waals surface area contributed by atoms with Gasteiger partial charge in [0.15, 0.2) is 0 Å². The van der Waals surface area contributed by atoms with Gasteiger partial charge in [-0.25, -0.2) is 0 Å².